The summed E-state index contributed by atoms with van der Waals surface area (Å²) in [6.45, 7) is 0. The van der Waals surface area contributed by atoms with Crippen LogP contribution in [-0.2, 0) is 6.42 Å². The van der Waals surface area contributed by atoms with E-state index in [1.54, 1.807) is 18.2 Å². The molecule has 0 aromatic heterocycles. The molecule has 5 N–H and O–H groups in total. The van der Waals surface area contributed by atoms with Crippen LogP contribution in [0, 0.1) is 0 Å². The third-order valence-electron chi connectivity index (χ3n) is 1.64. The molecule has 0 aliphatic carbocycles. The fourth-order valence-electron chi connectivity index (χ4n) is 0.978. The molecule has 0 spiro atoms. The molecule has 0 bridgehead atoms. The van der Waals surface area contributed by atoms with Gasteiger partial charge in [-0.3, -0.25) is 0 Å². The van der Waals surface area contributed by atoms with Crippen LogP contribution >= 0.6 is 36.4 Å². The van der Waals surface area contributed by atoms with Crippen molar-refractivity contribution < 1.29 is 5.21 Å². The Balaban J connectivity index is 0. The van der Waals surface area contributed by atoms with Gasteiger partial charge < -0.3 is 16.7 Å². The van der Waals surface area contributed by atoms with E-state index in [9.17, 15) is 0 Å². The number of anilines is 1. The molecule has 0 saturated carbocycles. The number of nitrogens with two attached hydrogens (primary N) is 2. The molecule has 0 radical (unpaired) electrons. The molecule has 0 fully saturated rings. The van der Waals surface area contributed by atoms with E-state index in [0.717, 1.165) is 0 Å². The van der Waals surface area contributed by atoms with Crippen LogP contribution in [0.15, 0.2) is 23.4 Å². The minimum absolute atomic E-state index is 0. The fourth-order valence-corrected chi connectivity index (χ4v) is 1.23. The molecule has 1 rings (SSSR count). The third kappa shape index (κ3) is 4.46. The molecule has 0 unspecified atom stereocenters. The highest BCUT2D eigenvalue weighted by Gasteiger charge is 2.06. The fraction of sp³-hybridized carbons (Fsp3) is 0.125. The van der Waals surface area contributed by atoms with E-state index in [-0.39, 0.29) is 37.1 Å². The van der Waals surface area contributed by atoms with Gasteiger partial charge in [0.25, 0.3) is 0 Å². The van der Waals surface area contributed by atoms with Crippen molar-refractivity contribution >= 4 is 47.9 Å². The molecule has 0 aliphatic rings. The molecule has 4 nitrogen and oxygen atoms in total. The van der Waals surface area contributed by atoms with Crippen LogP contribution in [0.1, 0.15) is 5.56 Å². The summed E-state index contributed by atoms with van der Waals surface area (Å²) in [6, 6.07) is 5.16. The lowest BCUT2D eigenvalue weighted by Gasteiger charge is -2.05. The Labute approximate surface area is 105 Å². The highest BCUT2D eigenvalue weighted by molar-refractivity contribution is 6.32. The molecular formula is C8H12Cl3N3O. The number of rotatable bonds is 2. The van der Waals surface area contributed by atoms with E-state index in [4.69, 9.17) is 28.3 Å². The second-order valence-electron chi connectivity index (χ2n) is 2.58. The zero-order valence-corrected chi connectivity index (χ0v) is 10.1. The average molecular weight is 273 g/mol. The minimum Gasteiger partial charge on any atom is -0.409 e. The van der Waals surface area contributed by atoms with E-state index in [1.165, 1.54) is 0 Å². The van der Waals surface area contributed by atoms with Gasteiger partial charge in [-0.25, -0.2) is 0 Å². The van der Waals surface area contributed by atoms with Crippen molar-refractivity contribution in [1.29, 1.82) is 0 Å². The summed E-state index contributed by atoms with van der Waals surface area (Å²) in [5, 5.41) is 11.7. The van der Waals surface area contributed by atoms with Crippen molar-refractivity contribution in [3.8, 4) is 0 Å². The monoisotopic (exact) mass is 271 g/mol. The van der Waals surface area contributed by atoms with Crippen molar-refractivity contribution in [2.75, 3.05) is 5.73 Å². The van der Waals surface area contributed by atoms with Crippen LogP contribution < -0.4 is 11.5 Å². The topological polar surface area (TPSA) is 84.6 Å². The van der Waals surface area contributed by atoms with Gasteiger partial charge in [-0.15, -0.1) is 24.8 Å². The number of nitrogens with zero attached hydrogens (tertiary/aromatic N) is 1. The molecular weight excluding hydrogens is 260 g/mol. The van der Waals surface area contributed by atoms with Gasteiger partial charge in [0.2, 0.25) is 0 Å². The summed E-state index contributed by atoms with van der Waals surface area (Å²) < 4.78 is 0. The first-order valence-corrected chi connectivity index (χ1v) is 4.02. The first kappa shape index (κ1) is 16.6. The number of amidine groups is 1. The number of halogens is 3. The summed E-state index contributed by atoms with van der Waals surface area (Å²) in [4.78, 5) is 0. The van der Waals surface area contributed by atoms with E-state index in [1.807, 2.05) is 0 Å². The lowest BCUT2D eigenvalue weighted by atomic mass is 10.1. The predicted octanol–water partition coefficient (Wildman–Crippen LogP) is 2.05. The van der Waals surface area contributed by atoms with Gasteiger partial charge in [0.05, 0.1) is 0 Å². The normalized spacial score (nSPS) is 10.1. The summed E-state index contributed by atoms with van der Waals surface area (Å²) >= 11 is 5.86. The molecule has 1 aromatic rings. The van der Waals surface area contributed by atoms with Crippen molar-refractivity contribution in [3.63, 3.8) is 0 Å². The number of hydrogen-bond donors (Lipinski definition) is 3. The Kier molecular flexibility index (Phi) is 8.24. The standard InChI is InChI=1S/C8H10ClN3O.2ClH/c9-6-2-1-3-7(10)5(6)4-8(11)12-13;;/h1-3,13H,4,10H2,(H2,11,12);2*1H. The molecule has 0 aliphatic heterocycles. The largest absolute Gasteiger partial charge is 0.409 e. The van der Waals surface area contributed by atoms with Crippen LogP contribution in [0.2, 0.25) is 5.02 Å². The van der Waals surface area contributed by atoms with Crippen LogP contribution in [0.3, 0.4) is 0 Å². The van der Waals surface area contributed by atoms with Gasteiger partial charge in [0.1, 0.15) is 5.84 Å². The van der Waals surface area contributed by atoms with Gasteiger partial charge in [0, 0.05) is 22.7 Å². The average Bonchev–Trinajstić information content (AvgIpc) is 2.11. The first-order valence-electron chi connectivity index (χ1n) is 3.64. The lowest BCUT2D eigenvalue weighted by Crippen LogP contribution is -2.15. The van der Waals surface area contributed by atoms with Gasteiger partial charge in [0.15, 0.2) is 0 Å². The Morgan fingerprint density at radius 3 is 2.47 bits per heavy atom. The Morgan fingerprint density at radius 1 is 1.40 bits per heavy atom. The van der Waals surface area contributed by atoms with Gasteiger partial charge in [-0.05, 0) is 12.1 Å². The highest BCUT2D eigenvalue weighted by Crippen LogP contribution is 2.22. The van der Waals surface area contributed by atoms with Gasteiger partial charge >= 0.3 is 0 Å². The second kappa shape index (κ2) is 7.45. The molecule has 0 saturated heterocycles. The molecule has 0 heterocycles. The number of oxime groups is 1. The van der Waals surface area contributed by atoms with E-state index in [2.05, 4.69) is 5.16 Å². The number of benzene rings is 1. The smallest absolute Gasteiger partial charge is 0.143 e. The van der Waals surface area contributed by atoms with Crippen LogP contribution in [-0.4, -0.2) is 11.0 Å². The van der Waals surface area contributed by atoms with E-state index >= 15 is 0 Å². The van der Waals surface area contributed by atoms with Crippen LogP contribution in [0.4, 0.5) is 5.69 Å². The zero-order valence-electron chi connectivity index (χ0n) is 7.68. The molecule has 15 heavy (non-hydrogen) atoms. The molecule has 86 valence electrons. The molecule has 1 aromatic carbocycles. The maximum Gasteiger partial charge on any atom is 0.143 e. The third-order valence-corrected chi connectivity index (χ3v) is 2.00. The van der Waals surface area contributed by atoms with Crippen molar-refractivity contribution in [1.82, 2.24) is 0 Å². The van der Waals surface area contributed by atoms with Crippen LogP contribution in [0.25, 0.3) is 0 Å². The minimum atomic E-state index is 0. The Hall–Kier alpha value is -0.840. The van der Waals surface area contributed by atoms with E-state index in [0.29, 0.717) is 16.3 Å². The van der Waals surface area contributed by atoms with Gasteiger partial charge in [-0.1, -0.05) is 22.8 Å². The molecule has 0 atom stereocenters. The SMILES string of the molecule is Cl.Cl.NC(Cc1c(N)cccc1Cl)=NO. The second-order valence-corrected chi connectivity index (χ2v) is 2.98. The Bertz CT molecular complexity index is 324. The highest BCUT2D eigenvalue weighted by atomic mass is 35.5. The summed E-state index contributed by atoms with van der Waals surface area (Å²) in [6.07, 6.45) is 0.252. The number of nitrogen functional groups attached to an aromatic ring is 1. The molecule has 0 amide bonds. The maximum atomic E-state index is 8.36. The maximum absolute atomic E-state index is 8.36. The number of hydrogen-bond acceptors (Lipinski definition) is 3. The van der Waals surface area contributed by atoms with Gasteiger partial charge in [-0.2, -0.15) is 0 Å². The predicted molar refractivity (Wildman–Crippen MR) is 67.5 cm³/mol. The quantitative estimate of drug-likeness (QED) is 0.253. The first-order chi connectivity index (χ1) is 6.15. The van der Waals surface area contributed by atoms with Crippen LogP contribution in [0.5, 0.6) is 0 Å². The lowest BCUT2D eigenvalue weighted by molar-refractivity contribution is 0.317. The van der Waals surface area contributed by atoms with Crippen molar-refractivity contribution in [2.24, 2.45) is 10.9 Å². The summed E-state index contributed by atoms with van der Waals surface area (Å²) in [5.41, 5.74) is 12.2. The zero-order chi connectivity index (χ0) is 9.84. The summed E-state index contributed by atoms with van der Waals surface area (Å²) in [7, 11) is 0. The Morgan fingerprint density at radius 2 is 2.00 bits per heavy atom. The summed E-state index contributed by atoms with van der Waals surface area (Å²) in [5.74, 6) is 0.0831. The molecule has 7 heteroatoms. The van der Waals surface area contributed by atoms with E-state index < -0.39 is 0 Å². The van der Waals surface area contributed by atoms with Crippen molar-refractivity contribution in [2.45, 2.75) is 6.42 Å². The van der Waals surface area contributed by atoms with Crippen molar-refractivity contribution in [3.05, 3.63) is 28.8 Å².